The molecule has 3 fully saturated rings. The smallest absolute Gasteiger partial charge is 0.274 e. The van der Waals surface area contributed by atoms with Gasteiger partial charge < -0.3 is 19.3 Å². The van der Waals surface area contributed by atoms with Crippen LogP contribution in [0.3, 0.4) is 0 Å². The van der Waals surface area contributed by atoms with Gasteiger partial charge in [-0.1, -0.05) is 11.6 Å². The second kappa shape index (κ2) is 6.46. The molecule has 0 radical (unpaired) electrons. The first-order chi connectivity index (χ1) is 11.7. The maximum Gasteiger partial charge on any atom is 0.274 e. The van der Waals surface area contributed by atoms with E-state index in [4.69, 9.17) is 21.1 Å². The Bertz CT molecular complexity index is 620. The molecular formula is C16H21ClN4O3. The lowest BCUT2D eigenvalue weighted by atomic mass is 10.0. The molecule has 0 aromatic carbocycles. The van der Waals surface area contributed by atoms with Gasteiger partial charge in [-0.2, -0.15) is 0 Å². The van der Waals surface area contributed by atoms with Gasteiger partial charge in [-0.05, 0) is 12.8 Å². The standard InChI is InChI=1S/C16H21ClN4O3/c17-12-11-18-15(21-5-1-2-6-21)19-13(12)14(22)20-7-3-16(4-8-20)23-9-10-24-16/h11H,1-10H2. The number of hydrogen-bond donors (Lipinski definition) is 0. The molecule has 0 aliphatic carbocycles. The third kappa shape index (κ3) is 2.96. The molecule has 0 bridgehead atoms. The minimum atomic E-state index is -0.493. The average molecular weight is 353 g/mol. The summed E-state index contributed by atoms with van der Waals surface area (Å²) in [6, 6.07) is 0. The zero-order valence-electron chi connectivity index (χ0n) is 13.5. The van der Waals surface area contributed by atoms with E-state index in [1.54, 1.807) is 4.90 Å². The van der Waals surface area contributed by atoms with Gasteiger partial charge in [0.05, 0.1) is 24.4 Å². The van der Waals surface area contributed by atoms with Crippen LogP contribution < -0.4 is 4.90 Å². The summed E-state index contributed by atoms with van der Waals surface area (Å²) < 4.78 is 11.4. The van der Waals surface area contributed by atoms with Crippen molar-refractivity contribution in [2.45, 2.75) is 31.5 Å². The fourth-order valence-electron chi connectivity index (χ4n) is 3.56. The van der Waals surface area contributed by atoms with Crippen molar-refractivity contribution < 1.29 is 14.3 Å². The lowest BCUT2D eigenvalue weighted by Gasteiger charge is -2.37. The van der Waals surface area contributed by atoms with Gasteiger partial charge in [0.2, 0.25) is 5.95 Å². The highest BCUT2D eigenvalue weighted by Crippen LogP contribution is 2.32. The molecule has 7 nitrogen and oxygen atoms in total. The predicted molar refractivity (Wildman–Crippen MR) is 88.3 cm³/mol. The van der Waals surface area contributed by atoms with E-state index in [9.17, 15) is 4.79 Å². The molecule has 1 amide bonds. The van der Waals surface area contributed by atoms with Crippen LogP contribution in [0.15, 0.2) is 6.20 Å². The molecule has 4 rings (SSSR count). The van der Waals surface area contributed by atoms with Crippen LogP contribution in [-0.2, 0) is 9.47 Å². The Labute approximate surface area is 145 Å². The number of likely N-dealkylation sites (tertiary alicyclic amines) is 1. The van der Waals surface area contributed by atoms with Crippen LogP contribution in [0.4, 0.5) is 5.95 Å². The summed E-state index contributed by atoms with van der Waals surface area (Å²) in [5.41, 5.74) is 0.290. The Morgan fingerprint density at radius 3 is 2.46 bits per heavy atom. The Balaban J connectivity index is 1.48. The number of hydrogen-bond acceptors (Lipinski definition) is 6. The minimum Gasteiger partial charge on any atom is -0.347 e. The average Bonchev–Trinajstić information content (AvgIpc) is 3.28. The van der Waals surface area contributed by atoms with Crippen LogP contribution >= 0.6 is 11.6 Å². The van der Waals surface area contributed by atoms with Crippen LogP contribution in [-0.4, -0.2) is 66.0 Å². The van der Waals surface area contributed by atoms with Crippen molar-refractivity contribution in [2.24, 2.45) is 0 Å². The van der Waals surface area contributed by atoms with E-state index in [1.165, 1.54) is 6.20 Å². The number of nitrogens with zero attached hydrogens (tertiary/aromatic N) is 4. The van der Waals surface area contributed by atoms with E-state index in [0.29, 0.717) is 50.1 Å². The molecule has 24 heavy (non-hydrogen) atoms. The quantitative estimate of drug-likeness (QED) is 0.807. The Hall–Kier alpha value is -1.44. The fraction of sp³-hybridized carbons (Fsp3) is 0.688. The highest BCUT2D eigenvalue weighted by molar-refractivity contribution is 6.33. The SMILES string of the molecule is O=C(c1nc(N2CCCC2)ncc1Cl)N1CCC2(CC1)OCCO2. The number of carbonyl (C=O) groups excluding carboxylic acids is 1. The van der Waals surface area contributed by atoms with Gasteiger partial charge in [-0.15, -0.1) is 0 Å². The second-order valence-corrected chi connectivity index (χ2v) is 6.87. The number of carbonyl (C=O) groups is 1. The van der Waals surface area contributed by atoms with Crippen LogP contribution in [0.5, 0.6) is 0 Å². The van der Waals surface area contributed by atoms with Crippen LogP contribution in [0, 0.1) is 0 Å². The number of aromatic nitrogens is 2. The molecular weight excluding hydrogens is 332 g/mol. The van der Waals surface area contributed by atoms with Crippen LogP contribution in [0.2, 0.25) is 5.02 Å². The summed E-state index contributed by atoms with van der Waals surface area (Å²) in [7, 11) is 0. The van der Waals surface area contributed by atoms with Crippen LogP contribution in [0.1, 0.15) is 36.2 Å². The molecule has 1 aromatic heterocycles. The molecule has 4 heterocycles. The Morgan fingerprint density at radius 2 is 1.79 bits per heavy atom. The third-order valence-electron chi connectivity index (χ3n) is 4.95. The predicted octanol–water partition coefficient (Wildman–Crippen LogP) is 1.71. The van der Waals surface area contributed by atoms with E-state index < -0.39 is 5.79 Å². The number of rotatable bonds is 2. The molecule has 0 N–H and O–H groups in total. The lowest BCUT2D eigenvalue weighted by Crippen LogP contribution is -2.47. The molecule has 1 aromatic rings. The monoisotopic (exact) mass is 352 g/mol. The summed E-state index contributed by atoms with van der Waals surface area (Å²) in [6.07, 6.45) is 5.15. The molecule has 130 valence electrons. The van der Waals surface area contributed by atoms with E-state index in [2.05, 4.69) is 14.9 Å². The fourth-order valence-corrected chi connectivity index (χ4v) is 3.74. The minimum absolute atomic E-state index is 0.143. The molecule has 3 aliphatic heterocycles. The summed E-state index contributed by atoms with van der Waals surface area (Å²) in [5, 5.41) is 0.302. The van der Waals surface area contributed by atoms with Gasteiger partial charge in [0.15, 0.2) is 11.5 Å². The van der Waals surface area contributed by atoms with Crippen molar-refractivity contribution >= 4 is 23.5 Å². The van der Waals surface area contributed by atoms with Crippen molar-refractivity contribution in [3.8, 4) is 0 Å². The number of amides is 1. The topological polar surface area (TPSA) is 67.8 Å². The van der Waals surface area contributed by atoms with Gasteiger partial charge in [-0.3, -0.25) is 4.79 Å². The Morgan fingerprint density at radius 1 is 1.12 bits per heavy atom. The van der Waals surface area contributed by atoms with Crippen molar-refractivity contribution in [2.75, 3.05) is 44.3 Å². The zero-order chi connectivity index (χ0) is 16.6. The first-order valence-electron chi connectivity index (χ1n) is 8.52. The molecule has 3 aliphatic rings. The molecule has 3 saturated heterocycles. The van der Waals surface area contributed by atoms with Gasteiger partial charge >= 0.3 is 0 Å². The maximum atomic E-state index is 12.8. The van der Waals surface area contributed by atoms with E-state index in [0.717, 1.165) is 25.9 Å². The normalized spacial score (nSPS) is 23.2. The summed E-state index contributed by atoms with van der Waals surface area (Å²) >= 11 is 6.20. The molecule has 1 spiro atoms. The maximum absolute atomic E-state index is 12.8. The summed E-state index contributed by atoms with van der Waals surface area (Å²) in [6.45, 7) is 4.28. The van der Waals surface area contributed by atoms with Gasteiger partial charge in [0, 0.05) is 39.0 Å². The van der Waals surface area contributed by atoms with E-state index in [1.807, 2.05) is 0 Å². The first kappa shape index (κ1) is 16.1. The molecule has 0 atom stereocenters. The van der Waals surface area contributed by atoms with Crippen LogP contribution in [0.25, 0.3) is 0 Å². The van der Waals surface area contributed by atoms with Crippen molar-refractivity contribution in [3.05, 3.63) is 16.9 Å². The van der Waals surface area contributed by atoms with Crippen molar-refractivity contribution in [1.29, 1.82) is 0 Å². The highest BCUT2D eigenvalue weighted by atomic mass is 35.5. The summed E-state index contributed by atoms with van der Waals surface area (Å²) in [5.74, 6) is -0.0423. The molecule has 0 unspecified atom stereocenters. The lowest BCUT2D eigenvalue weighted by molar-refractivity contribution is -0.181. The van der Waals surface area contributed by atoms with E-state index >= 15 is 0 Å². The molecule has 0 saturated carbocycles. The van der Waals surface area contributed by atoms with Gasteiger partial charge in [0.25, 0.3) is 5.91 Å². The number of anilines is 1. The molecule has 8 heteroatoms. The van der Waals surface area contributed by atoms with Gasteiger partial charge in [0.1, 0.15) is 0 Å². The summed E-state index contributed by atoms with van der Waals surface area (Å²) in [4.78, 5) is 25.4. The van der Waals surface area contributed by atoms with Gasteiger partial charge in [-0.25, -0.2) is 9.97 Å². The second-order valence-electron chi connectivity index (χ2n) is 6.46. The third-order valence-corrected chi connectivity index (χ3v) is 5.23. The Kier molecular flexibility index (Phi) is 4.32. The number of halogens is 1. The first-order valence-corrected chi connectivity index (χ1v) is 8.89. The number of piperidine rings is 1. The van der Waals surface area contributed by atoms with Crippen molar-refractivity contribution in [3.63, 3.8) is 0 Å². The highest BCUT2D eigenvalue weighted by Gasteiger charge is 2.41. The largest absolute Gasteiger partial charge is 0.347 e. The number of ether oxygens (including phenoxy) is 2. The zero-order valence-corrected chi connectivity index (χ0v) is 14.3. The van der Waals surface area contributed by atoms with E-state index in [-0.39, 0.29) is 11.6 Å². The van der Waals surface area contributed by atoms with Crippen molar-refractivity contribution in [1.82, 2.24) is 14.9 Å².